The summed E-state index contributed by atoms with van der Waals surface area (Å²) >= 11 is 2.94. The molecule has 0 radical (unpaired) electrons. The highest BCUT2D eigenvalue weighted by Crippen LogP contribution is 2.42. The Morgan fingerprint density at radius 2 is 1.84 bits per heavy atom. The van der Waals surface area contributed by atoms with Gasteiger partial charge in [-0.15, -0.1) is 11.8 Å². The number of amides is 1. The molecule has 3 atom stereocenters. The van der Waals surface area contributed by atoms with Crippen molar-refractivity contribution in [1.29, 1.82) is 0 Å². The number of ether oxygens (including phenoxy) is 1. The zero-order valence-electron chi connectivity index (χ0n) is 24.6. The molecule has 1 amide bonds. The highest BCUT2D eigenvalue weighted by Gasteiger charge is 2.52. The third-order valence-electron chi connectivity index (χ3n) is 8.21. The zero-order valence-corrected chi connectivity index (χ0v) is 27.1. The number of thiazole rings is 1. The summed E-state index contributed by atoms with van der Waals surface area (Å²) in [5, 5.41) is 18.2. The molecule has 3 fully saturated rings. The van der Waals surface area contributed by atoms with E-state index in [2.05, 4.69) is 25.6 Å². The van der Waals surface area contributed by atoms with E-state index >= 15 is 0 Å². The van der Waals surface area contributed by atoms with Crippen LogP contribution in [0.15, 0.2) is 40.4 Å². The topological polar surface area (TPSA) is 150 Å². The van der Waals surface area contributed by atoms with E-state index in [-0.39, 0.29) is 28.5 Å². The second kappa shape index (κ2) is 11.3. The molecule has 0 unspecified atom stereocenters. The minimum Gasteiger partial charge on any atom is -0.444 e. The summed E-state index contributed by atoms with van der Waals surface area (Å²) < 4.78 is 34.9. The van der Waals surface area contributed by atoms with E-state index in [1.165, 1.54) is 15.6 Å². The fraction of sp³-hybridized carbons (Fsp3) is 0.571. The summed E-state index contributed by atoms with van der Waals surface area (Å²) in [5.41, 5.74) is -0.0995. The van der Waals surface area contributed by atoms with Crippen LogP contribution in [0.25, 0.3) is 10.2 Å². The van der Waals surface area contributed by atoms with Gasteiger partial charge < -0.3 is 25.4 Å². The largest absolute Gasteiger partial charge is 0.444 e. The van der Waals surface area contributed by atoms with Crippen molar-refractivity contribution in [2.75, 3.05) is 43.1 Å². The van der Waals surface area contributed by atoms with Gasteiger partial charge in [-0.1, -0.05) is 11.3 Å². The maximum Gasteiger partial charge on any atom is 0.410 e. The van der Waals surface area contributed by atoms with Crippen molar-refractivity contribution in [1.82, 2.24) is 24.2 Å². The summed E-state index contributed by atoms with van der Waals surface area (Å²) in [6.07, 6.45) is 6.62. The number of nitrogens with zero attached hydrogens (tertiary/aromatic N) is 5. The molecule has 4 heterocycles. The second-order valence-electron chi connectivity index (χ2n) is 12.6. The van der Waals surface area contributed by atoms with Crippen molar-refractivity contribution >= 4 is 60.5 Å². The third-order valence-corrected chi connectivity index (χ3v) is 11.7. The number of benzene rings is 1. The molecule has 1 aliphatic carbocycles. The number of likely N-dealkylation sites (tertiary alicyclic amines) is 1. The molecular weight excluding hydrogens is 611 g/mol. The number of hydrogen-bond acceptors (Lipinski definition) is 12. The molecule has 6 rings (SSSR count). The predicted octanol–water partition coefficient (Wildman–Crippen LogP) is 3.86. The van der Waals surface area contributed by atoms with Gasteiger partial charge in [0, 0.05) is 48.9 Å². The Labute approximate surface area is 259 Å². The number of carbonyl (C=O) groups excluding carboxylic acids is 1. The van der Waals surface area contributed by atoms with Crippen molar-refractivity contribution in [3.63, 3.8) is 0 Å². The first-order valence-electron chi connectivity index (χ1n) is 14.3. The maximum atomic E-state index is 13.6. The van der Waals surface area contributed by atoms with Crippen LogP contribution < -0.4 is 10.6 Å². The monoisotopic (exact) mass is 647 g/mol. The Bertz CT molecular complexity index is 1600. The predicted molar refractivity (Wildman–Crippen MR) is 167 cm³/mol. The van der Waals surface area contributed by atoms with Crippen molar-refractivity contribution in [3.8, 4) is 0 Å². The van der Waals surface area contributed by atoms with Crippen LogP contribution in [0.2, 0.25) is 0 Å². The van der Waals surface area contributed by atoms with Crippen LogP contribution in [0.1, 0.15) is 40.0 Å². The molecule has 12 nitrogen and oxygen atoms in total. The number of aliphatic hydroxyl groups is 1. The number of sulfonamides is 1. The molecule has 3 aliphatic rings. The third kappa shape index (κ3) is 6.27. The van der Waals surface area contributed by atoms with Crippen LogP contribution in [0, 0.1) is 5.41 Å². The van der Waals surface area contributed by atoms with Gasteiger partial charge in [0.2, 0.25) is 16.0 Å². The molecule has 3 aromatic rings. The van der Waals surface area contributed by atoms with E-state index in [9.17, 15) is 18.3 Å². The summed E-state index contributed by atoms with van der Waals surface area (Å²) in [7, 11) is -3.71. The van der Waals surface area contributed by atoms with Crippen LogP contribution in [0.4, 0.5) is 15.9 Å². The van der Waals surface area contributed by atoms with E-state index < -0.39 is 21.7 Å². The van der Waals surface area contributed by atoms with E-state index in [1.54, 1.807) is 47.3 Å². The van der Waals surface area contributed by atoms with Gasteiger partial charge in [-0.25, -0.2) is 28.2 Å². The summed E-state index contributed by atoms with van der Waals surface area (Å²) in [4.78, 5) is 28.5. The highest BCUT2D eigenvalue weighted by molar-refractivity contribution is 7.98. The van der Waals surface area contributed by atoms with E-state index in [0.29, 0.717) is 49.2 Å². The standard InChI is InChI=1S/C28H37N7O5S3/c1-27(2,3)40-26(37)34-14-28(15-34)9-10-35(16-28)43(38,39)18-5-6-19-22(11-18)42-25(32-19)33-21-8-7-20(23(21)36)31-24-29-12-17(41-4)13-30-24/h5-6,11-13,20-21,23,36H,7-10,14-16H2,1-4H3,(H,32,33)(H,29,30,31)/t20-,21-,23+/m0/s1. The number of fused-ring (bicyclic) bond motifs is 1. The summed E-state index contributed by atoms with van der Waals surface area (Å²) in [5.74, 6) is 0.484. The molecule has 15 heteroatoms. The Morgan fingerprint density at radius 1 is 1.14 bits per heavy atom. The Kier molecular flexibility index (Phi) is 7.99. The van der Waals surface area contributed by atoms with Crippen molar-refractivity contribution in [3.05, 3.63) is 30.6 Å². The van der Waals surface area contributed by atoms with Crippen LogP contribution >= 0.6 is 23.1 Å². The number of carbonyl (C=O) groups is 1. The number of rotatable bonds is 7. The van der Waals surface area contributed by atoms with Gasteiger partial charge >= 0.3 is 6.09 Å². The number of aromatic nitrogens is 3. The number of nitrogens with one attached hydrogen (secondary N) is 2. The number of hydrogen-bond donors (Lipinski definition) is 3. The molecule has 2 saturated heterocycles. The lowest BCUT2D eigenvalue weighted by molar-refractivity contribution is -0.0286. The minimum absolute atomic E-state index is 0.195. The Hall–Kier alpha value is -2.72. The van der Waals surface area contributed by atoms with Crippen molar-refractivity contribution in [2.24, 2.45) is 5.41 Å². The minimum atomic E-state index is -3.71. The van der Waals surface area contributed by atoms with E-state index in [4.69, 9.17) is 4.74 Å². The quantitative estimate of drug-likeness (QED) is 0.321. The SMILES string of the molecule is CSc1cnc(N[C@H]2CC[C@H](Nc3nc4ccc(S(=O)(=O)N5CCC6(CN(C(=O)OC(C)(C)C)C6)C5)cc4s3)[C@@H]2O)nc1. The van der Waals surface area contributed by atoms with Crippen LogP contribution in [-0.2, 0) is 14.8 Å². The molecule has 1 saturated carbocycles. The number of aliphatic hydroxyl groups excluding tert-OH is 1. The summed E-state index contributed by atoms with van der Waals surface area (Å²) in [6.45, 7) is 7.28. The Morgan fingerprint density at radius 3 is 2.51 bits per heavy atom. The van der Waals surface area contributed by atoms with Crippen molar-refractivity contribution < 1.29 is 23.1 Å². The lowest BCUT2D eigenvalue weighted by atomic mass is 9.79. The van der Waals surface area contributed by atoms with E-state index in [0.717, 1.165) is 22.4 Å². The van der Waals surface area contributed by atoms with Gasteiger partial charge in [0.15, 0.2) is 5.13 Å². The number of thioether (sulfide) groups is 1. The molecule has 1 spiro atoms. The highest BCUT2D eigenvalue weighted by atomic mass is 32.2. The van der Waals surface area contributed by atoms with Gasteiger partial charge in [-0.3, -0.25) is 0 Å². The first kappa shape index (κ1) is 30.3. The molecular formula is C28H37N7O5S3. The zero-order chi connectivity index (χ0) is 30.6. The van der Waals surface area contributed by atoms with E-state index in [1.807, 2.05) is 27.0 Å². The first-order valence-corrected chi connectivity index (χ1v) is 17.8. The smallest absolute Gasteiger partial charge is 0.410 e. The van der Waals surface area contributed by atoms with Gasteiger partial charge in [-0.05, 0) is 64.5 Å². The molecule has 2 aliphatic heterocycles. The van der Waals surface area contributed by atoms with Crippen molar-refractivity contribution in [2.45, 2.75) is 73.6 Å². The van der Waals surface area contributed by atoms with Gasteiger partial charge in [0.1, 0.15) is 5.60 Å². The lowest BCUT2D eigenvalue weighted by Gasteiger charge is -2.47. The van der Waals surface area contributed by atoms with Gasteiger partial charge in [0.05, 0.1) is 33.3 Å². The van der Waals surface area contributed by atoms with Gasteiger partial charge in [0.25, 0.3) is 0 Å². The van der Waals surface area contributed by atoms with Crippen LogP contribution in [0.3, 0.4) is 0 Å². The lowest BCUT2D eigenvalue weighted by Crippen LogP contribution is -2.60. The fourth-order valence-electron chi connectivity index (χ4n) is 5.97. The fourth-order valence-corrected chi connectivity index (χ4v) is 8.91. The first-order chi connectivity index (χ1) is 20.3. The van der Waals surface area contributed by atoms with Crippen LogP contribution in [0.5, 0.6) is 0 Å². The second-order valence-corrected chi connectivity index (χ2v) is 16.4. The molecule has 43 heavy (non-hydrogen) atoms. The molecule has 1 aromatic carbocycles. The number of anilines is 2. The molecule has 0 bridgehead atoms. The average Bonchev–Trinajstić information content (AvgIpc) is 3.65. The molecule has 2 aromatic heterocycles. The summed E-state index contributed by atoms with van der Waals surface area (Å²) in [6, 6.07) is 4.60. The Balaban J connectivity index is 1.07. The molecule has 3 N–H and O–H groups in total. The average molecular weight is 648 g/mol. The van der Waals surface area contributed by atoms with Gasteiger partial charge in [-0.2, -0.15) is 4.31 Å². The van der Waals surface area contributed by atoms with Crippen LogP contribution in [-0.4, -0.2) is 100.0 Å². The maximum absolute atomic E-state index is 13.6. The normalized spacial score (nSPS) is 23.9. The molecule has 232 valence electrons.